The predicted molar refractivity (Wildman–Crippen MR) is 190 cm³/mol. The van der Waals surface area contributed by atoms with Gasteiger partial charge < -0.3 is 4.57 Å². The number of hydrogen-bond acceptors (Lipinski definition) is 1. The molecule has 0 bridgehead atoms. The minimum absolute atomic E-state index is 0.913. The molecule has 0 fully saturated rings. The van der Waals surface area contributed by atoms with Crippen LogP contribution in [-0.4, -0.2) is 33.0 Å². The Hall–Kier alpha value is -3.89. The Morgan fingerprint density at radius 1 is 0.429 bits per heavy atom. The Kier molecular flexibility index (Phi) is 7.44. The van der Waals surface area contributed by atoms with E-state index in [-0.39, 0.29) is 0 Å². The molecule has 6 rings (SSSR count). The van der Waals surface area contributed by atoms with E-state index in [0.717, 1.165) is 16.4 Å². The average Bonchev–Trinajstić information content (AvgIpc) is 3.00. The van der Waals surface area contributed by atoms with Crippen molar-refractivity contribution in [2.45, 2.75) is 0 Å². The first-order valence-electron chi connectivity index (χ1n) is 14.3. The third kappa shape index (κ3) is 5.73. The first kappa shape index (κ1) is 28.2. The van der Waals surface area contributed by atoms with Crippen LogP contribution in [-0.2, 0) is 4.57 Å². The zero-order valence-corrected chi connectivity index (χ0v) is 26.5. The predicted octanol–water partition coefficient (Wildman–Crippen LogP) is 10.1. The molecule has 6 aromatic carbocycles. The summed E-state index contributed by atoms with van der Waals surface area (Å²) in [4.78, 5) is 0. The van der Waals surface area contributed by atoms with E-state index >= 15 is 0 Å². The van der Waals surface area contributed by atoms with Gasteiger partial charge in [0.05, 0.1) is 0 Å². The molecule has 1 nitrogen and oxygen atoms in total. The van der Waals surface area contributed by atoms with Crippen LogP contribution in [0.2, 0.25) is 0 Å². The fraction of sp³-hybridized carbons (Fsp3) is 0.103. The third-order valence-electron chi connectivity index (χ3n) is 8.00. The topological polar surface area (TPSA) is 17.1 Å². The van der Waals surface area contributed by atoms with E-state index in [1.54, 1.807) is 0 Å². The summed E-state index contributed by atoms with van der Waals surface area (Å²) in [5, 5.41) is 4.74. The van der Waals surface area contributed by atoms with Crippen LogP contribution in [0.25, 0.3) is 55.3 Å². The normalized spacial score (nSPS) is 12.0. The smallest absolute Gasteiger partial charge is 0.109 e. The molecule has 0 saturated heterocycles. The van der Waals surface area contributed by atoms with Gasteiger partial charge in [-0.05, 0) is 99.4 Å². The van der Waals surface area contributed by atoms with Crippen molar-refractivity contribution in [3.8, 4) is 44.5 Å². The molecule has 0 amide bonds. The van der Waals surface area contributed by atoms with Gasteiger partial charge in [-0.25, -0.2) is 0 Å². The molecule has 0 N–H and O–H groups in total. The Balaban J connectivity index is 1.34. The highest BCUT2D eigenvalue weighted by Gasteiger charge is 2.13. The van der Waals surface area contributed by atoms with Gasteiger partial charge in [0.25, 0.3) is 0 Å². The lowest BCUT2D eigenvalue weighted by Gasteiger charge is -2.15. The van der Waals surface area contributed by atoms with Crippen molar-refractivity contribution in [3.05, 3.63) is 133 Å². The van der Waals surface area contributed by atoms with Crippen molar-refractivity contribution in [3.63, 3.8) is 0 Å². The van der Waals surface area contributed by atoms with Crippen LogP contribution in [0.4, 0.5) is 0 Å². The quantitative estimate of drug-likeness (QED) is 0.179. The molecule has 208 valence electrons. The summed E-state index contributed by atoms with van der Waals surface area (Å²) in [6.07, 6.45) is 4.42. The summed E-state index contributed by atoms with van der Waals surface area (Å²) >= 11 is 0. The SMILES string of the molecule is C=P(C)(C)c1cccc(-c2ccc(-c3ccc(-c4ccc(-c5cccc(P(C)(C)=O)c5)cc4)c4ccccc34)cc2)c1. The summed E-state index contributed by atoms with van der Waals surface area (Å²) in [6, 6.07) is 47.8. The first-order valence-corrected chi connectivity index (χ1v) is 19.7. The molecule has 0 aliphatic heterocycles. The Labute approximate surface area is 250 Å². The van der Waals surface area contributed by atoms with E-state index in [1.807, 2.05) is 25.5 Å². The fourth-order valence-electron chi connectivity index (χ4n) is 5.57. The first-order chi connectivity index (χ1) is 20.1. The van der Waals surface area contributed by atoms with Gasteiger partial charge in [-0.15, -0.1) is 0 Å². The maximum atomic E-state index is 12.6. The van der Waals surface area contributed by atoms with Crippen molar-refractivity contribution < 1.29 is 4.57 Å². The van der Waals surface area contributed by atoms with Crippen molar-refractivity contribution in [2.75, 3.05) is 26.7 Å². The highest BCUT2D eigenvalue weighted by Crippen LogP contribution is 2.39. The average molecular weight is 583 g/mol. The molecule has 0 unspecified atom stereocenters. The van der Waals surface area contributed by atoms with Crippen LogP contribution in [0.3, 0.4) is 0 Å². The minimum atomic E-state index is -2.31. The second-order valence-corrected chi connectivity index (χ2v) is 19.1. The number of rotatable bonds is 6. The largest absolute Gasteiger partial charge is 0.319 e. The highest BCUT2D eigenvalue weighted by molar-refractivity contribution is 7.79. The molecule has 0 heterocycles. The summed E-state index contributed by atoms with van der Waals surface area (Å²) in [5.41, 5.74) is 9.52. The monoisotopic (exact) mass is 582 g/mol. The molecule has 0 spiro atoms. The summed E-state index contributed by atoms with van der Waals surface area (Å²) < 4.78 is 12.6. The van der Waals surface area contributed by atoms with E-state index in [0.29, 0.717) is 0 Å². The third-order valence-corrected chi connectivity index (χ3v) is 11.2. The maximum Gasteiger partial charge on any atom is 0.109 e. The van der Waals surface area contributed by atoms with E-state index in [1.165, 1.54) is 49.5 Å². The molecule has 0 aliphatic rings. The van der Waals surface area contributed by atoms with E-state index in [4.69, 9.17) is 0 Å². The number of hydrogen-bond donors (Lipinski definition) is 0. The van der Waals surface area contributed by atoms with Gasteiger partial charge in [-0.1, -0.05) is 135 Å². The summed E-state index contributed by atoms with van der Waals surface area (Å²) in [6.45, 7) is 6.84. The Morgan fingerprint density at radius 3 is 1.26 bits per heavy atom. The van der Waals surface area contributed by atoms with Gasteiger partial charge in [0.15, 0.2) is 0 Å². The zero-order chi connectivity index (χ0) is 29.5. The molecule has 0 aromatic heterocycles. The second kappa shape index (κ2) is 11.1. The lowest BCUT2D eigenvalue weighted by atomic mass is 9.91. The molecule has 3 heteroatoms. The summed E-state index contributed by atoms with van der Waals surface area (Å²) in [5.74, 6) is 0. The Morgan fingerprint density at radius 2 is 0.833 bits per heavy atom. The molecular weight excluding hydrogens is 546 g/mol. The van der Waals surface area contributed by atoms with Crippen LogP contribution in [0.1, 0.15) is 0 Å². The van der Waals surface area contributed by atoms with Crippen LogP contribution >= 0.6 is 14.0 Å². The fourth-order valence-corrected chi connectivity index (χ4v) is 7.44. The van der Waals surface area contributed by atoms with Gasteiger partial charge in [-0.2, -0.15) is 0 Å². The van der Waals surface area contributed by atoms with Gasteiger partial charge in [0, 0.05) is 5.30 Å². The van der Waals surface area contributed by atoms with Crippen LogP contribution in [0, 0.1) is 0 Å². The van der Waals surface area contributed by atoms with Crippen LogP contribution in [0.15, 0.2) is 133 Å². The van der Waals surface area contributed by atoms with Gasteiger partial charge >= 0.3 is 0 Å². The molecule has 0 saturated carbocycles. The zero-order valence-electron chi connectivity index (χ0n) is 24.7. The van der Waals surface area contributed by atoms with Crippen molar-refractivity contribution in [1.29, 1.82) is 0 Å². The maximum absolute atomic E-state index is 12.6. The molecule has 0 aliphatic carbocycles. The lowest BCUT2D eigenvalue weighted by Crippen LogP contribution is -2.02. The van der Waals surface area contributed by atoms with E-state index in [2.05, 4.69) is 141 Å². The minimum Gasteiger partial charge on any atom is -0.319 e. The molecule has 42 heavy (non-hydrogen) atoms. The molecule has 0 radical (unpaired) electrons. The molecular formula is C39H36OP2. The van der Waals surface area contributed by atoms with Crippen molar-refractivity contribution in [1.82, 2.24) is 0 Å². The van der Waals surface area contributed by atoms with Crippen molar-refractivity contribution in [2.24, 2.45) is 0 Å². The van der Waals surface area contributed by atoms with Gasteiger partial charge in [0.2, 0.25) is 0 Å². The van der Waals surface area contributed by atoms with Crippen LogP contribution < -0.4 is 10.6 Å². The Bertz CT molecular complexity index is 1860. The number of fused-ring (bicyclic) bond motifs is 1. The second-order valence-electron chi connectivity index (χ2n) is 12.0. The standard InChI is InChI=1S/C39H36OP2/c1-41(2,3)34-12-8-10-32(26-34)28-16-20-30(21-17-28)36-24-25-37(39-15-7-6-14-38(36)39)31-22-18-29(19-23-31)33-11-9-13-35(27-33)42(4,5)40/h6-27H,1H2,2-5H3. The van der Waals surface area contributed by atoms with E-state index < -0.39 is 14.0 Å². The highest BCUT2D eigenvalue weighted by atomic mass is 31.2. The van der Waals surface area contributed by atoms with Crippen LogP contribution in [0.5, 0.6) is 0 Å². The lowest BCUT2D eigenvalue weighted by molar-refractivity contribution is 0.588. The van der Waals surface area contributed by atoms with Gasteiger partial charge in [-0.3, -0.25) is 0 Å². The number of benzene rings is 6. The van der Waals surface area contributed by atoms with Crippen molar-refractivity contribution >= 4 is 41.7 Å². The van der Waals surface area contributed by atoms with E-state index in [9.17, 15) is 4.57 Å². The summed E-state index contributed by atoms with van der Waals surface area (Å²) in [7, 11) is -2.31. The molecule has 6 aromatic rings. The molecule has 0 atom stereocenters. The van der Waals surface area contributed by atoms with Gasteiger partial charge in [0.1, 0.15) is 7.14 Å².